The summed E-state index contributed by atoms with van der Waals surface area (Å²) in [5.41, 5.74) is -1.18. The Bertz CT molecular complexity index is 185. The van der Waals surface area contributed by atoms with Crippen LogP contribution in [0.15, 0.2) is 12.7 Å². The van der Waals surface area contributed by atoms with E-state index in [1.165, 1.54) is 6.08 Å². The average molecular weight is 186 g/mol. The van der Waals surface area contributed by atoms with Crippen molar-refractivity contribution in [2.75, 3.05) is 6.61 Å². The van der Waals surface area contributed by atoms with E-state index in [0.717, 1.165) is 0 Å². The van der Waals surface area contributed by atoms with Crippen LogP contribution < -0.4 is 0 Å². The first-order valence-corrected chi connectivity index (χ1v) is 4.52. The van der Waals surface area contributed by atoms with E-state index in [1.54, 1.807) is 13.8 Å². The van der Waals surface area contributed by atoms with Crippen LogP contribution in [0.25, 0.3) is 0 Å². The van der Waals surface area contributed by atoms with Crippen LogP contribution >= 0.6 is 0 Å². The van der Waals surface area contributed by atoms with Crippen molar-refractivity contribution in [3.63, 3.8) is 0 Å². The molecular formula is C10H18O3. The molecule has 2 unspecified atom stereocenters. The number of ether oxygens (including phenoxy) is 1. The van der Waals surface area contributed by atoms with Crippen molar-refractivity contribution < 1.29 is 14.6 Å². The molecule has 0 aromatic heterocycles. The number of hydrogen-bond acceptors (Lipinski definition) is 3. The zero-order valence-electron chi connectivity index (χ0n) is 8.54. The molecule has 0 aromatic rings. The van der Waals surface area contributed by atoms with E-state index in [0.29, 0.717) is 13.0 Å². The summed E-state index contributed by atoms with van der Waals surface area (Å²) in [6.07, 6.45) is 1.91. The lowest BCUT2D eigenvalue weighted by atomic mass is 9.87. The standard InChI is InChI=1S/C10H18O3/c1-5-8(9(11)13-7-3)10(4,12)6-2/h6,8,12H,2,5,7H2,1,3-4H3. The van der Waals surface area contributed by atoms with Crippen LogP contribution in [0.3, 0.4) is 0 Å². The molecule has 0 amide bonds. The predicted molar refractivity (Wildman–Crippen MR) is 51.2 cm³/mol. The van der Waals surface area contributed by atoms with E-state index in [-0.39, 0.29) is 5.97 Å². The van der Waals surface area contributed by atoms with Gasteiger partial charge in [-0.05, 0) is 20.3 Å². The Morgan fingerprint density at radius 1 is 1.69 bits per heavy atom. The van der Waals surface area contributed by atoms with Crippen LogP contribution in [0.2, 0.25) is 0 Å². The van der Waals surface area contributed by atoms with Crippen LogP contribution in [0.5, 0.6) is 0 Å². The Labute approximate surface area is 79.4 Å². The minimum atomic E-state index is -1.18. The minimum absolute atomic E-state index is 0.336. The SMILES string of the molecule is C=CC(C)(O)C(CC)C(=O)OCC. The molecule has 0 aliphatic heterocycles. The van der Waals surface area contributed by atoms with Crippen LogP contribution in [0.4, 0.5) is 0 Å². The van der Waals surface area contributed by atoms with E-state index in [2.05, 4.69) is 6.58 Å². The summed E-state index contributed by atoms with van der Waals surface area (Å²) in [6, 6.07) is 0. The van der Waals surface area contributed by atoms with E-state index >= 15 is 0 Å². The zero-order valence-corrected chi connectivity index (χ0v) is 8.54. The van der Waals surface area contributed by atoms with E-state index in [9.17, 15) is 9.90 Å². The Balaban J connectivity index is 4.49. The summed E-state index contributed by atoms with van der Waals surface area (Å²) < 4.78 is 4.84. The van der Waals surface area contributed by atoms with Gasteiger partial charge in [-0.25, -0.2) is 0 Å². The van der Waals surface area contributed by atoms with Crippen molar-refractivity contribution in [3.8, 4) is 0 Å². The van der Waals surface area contributed by atoms with Gasteiger partial charge in [0.25, 0.3) is 0 Å². The number of aliphatic hydroxyl groups is 1. The van der Waals surface area contributed by atoms with Crippen LogP contribution in [0.1, 0.15) is 27.2 Å². The highest BCUT2D eigenvalue weighted by Crippen LogP contribution is 2.22. The highest BCUT2D eigenvalue weighted by Gasteiger charge is 2.34. The second kappa shape index (κ2) is 5.02. The molecule has 0 heterocycles. The molecule has 0 saturated heterocycles. The third kappa shape index (κ3) is 3.19. The van der Waals surface area contributed by atoms with Crippen molar-refractivity contribution in [3.05, 3.63) is 12.7 Å². The quantitative estimate of drug-likeness (QED) is 0.523. The number of carbonyl (C=O) groups is 1. The third-order valence-corrected chi connectivity index (χ3v) is 2.10. The lowest BCUT2D eigenvalue weighted by Crippen LogP contribution is -2.38. The molecule has 0 aromatic carbocycles. The summed E-state index contributed by atoms with van der Waals surface area (Å²) in [5, 5.41) is 9.76. The van der Waals surface area contributed by atoms with Crippen molar-refractivity contribution in [1.29, 1.82) is 0 Å². The predicted octanol–water partition coefficient (Wildman–Crippen LogP) is 1.51. The first kappa shape index (κ1) is 12.2. The van der Waals surface area contributed by atoms with Gasteiger partial charge in [-0.15, -0.1) is 6.58 Å². The molecule has 0 bridgehead atoms. The topological polar surface area (TPSA) is 46.5 Å². The molecule has 0 spiro atoms. The summed E-state index contributed by atoms with van der Waals surface area (Å²) in [7, 11) is 0. The Hall–Kier alpha value is -0.830. The Morgan fingerprint density at radius 2 is 2.23 bits per heavy atom. The molecule has 3 heteroatoms. The molecule has 0 radical (unpaired) electrons. The molecule has 0 aliphatic carbocycles. The highest BCUT2D eigenvalue weighted by atomic mass is 16.5. The summed E-state index contributed by atoms with van der Waals surface area (Å²) in [4.78, 5) is 11.3. The van der Waals surface area contributed by atoms with E-state index in [4.69, 9.17) is 4.74 Å². The minimum Gasteiger partial charge on any atom is -0.466 e. The van der Waals surface area contributed by atoms with Gasteiger partial charge in [0.1, 0.15) is 0 Å². The zero-order chi connectivity index (χ0) is 10.5. The Kier molecular flexibility index (Phi) is 4.70. The molecule has 2 atom stereocenters. The van der Waals surface area contributed by atoms with Gasteiger partial charge >= 0.3 is 5.97 Å². The van der Waals surface area contributed by atoms with Gasteiger partial charge in [-0.1, -0.05) is 13.0 Å². The lowest BCUT2D eigenvalue weighted by Gasteiger charge is -2.26. The fourth-order valence-corrected chi connectivity index (χ4v) is 1.20. The molecule has 0 saturated carbocycles. The number of carbonyl (C=O) groups excluding carboxylic acids is 1. The molecule has 76 valence electrons. The van der Waals surface area contributed by atoms with E-state index in [1.807, 2.05) is 6.92 Å². The van der Waals surface area contributed by atoms with Crippen molar-refractivity contribution >= 4 is 5.97 Å². The van der Waals surface area contributed by atoms with Crippen molar-refractivity contribution in [2.45, 2.75) is 32.8 Å². The number of rotatable bonds is 5. The largest absolute Gasteiger partial charge is 0.466 e. The van der Waals surface area contributed by atoms with Gasteiger partial charge in [-0.2, -0.15) is 0 Å². The first-order chi connectivity index (χ1) is 5.99. The normalized spacial score (nSPS) is 17.2. The molecule has 13 heavy (non-hydrogen) atoms. The van der Waals surface area contributed by atoms with Crippen molar-refractivity contribution in [1.82, 2.24) is 0 Å². The summed E-state index contributed by atoms with van der Waals surface area (Å²) in [6.45, 7) is 8.96. The number of esters is 1. The van der Waals surface area contributed by atoms with Gasteiger partial charge < -0.3 is 9.84 Å². The van der Waals surface area contributed by atoms with Gasteiger partial charge in [-0.3, -0.25) is 4.79 Å². The maximum atomic E-state index is 11.3. The van der Waals surface area contributed by atoms with Crippen LogP contribution in [-0.2, 0) is 9.53 Å². The molecule has 0 aliphatic rings. The van der Waals surface area contributed by atoms with Gasteiger partial charge in [0.2, 0.25) is 0 Å². The third-order valence-electron chi connectivity index (χ3n) is 2.10. The average Bonchev–Trinajstić information content (AvgIpc) is 2.05. The van der Waals surface area contributed by atoms with Gasteiger partial charge in [0.05, 0.1) is 18.1 Å². The second-order valence-corrected chi connectivity index (χ2v) is 3.14. The molecule has 1 N–H and O–H groups in total. The maximum Gasteiger partial charge on any atom is 0.312 e. The fourth-order valence-electron chi connectivity index (χ4n) is 1.20. The van der Waals surface area contributed by atoms with Crippen LogP contribution in [-0.4, -0.2) is 23.3 Å². The second-order valence-electron chi connectivity index (χ2n) is 3.14. The first-order valence-electron chi connectivity index (χ1n) is 4.52. The molecule has 3 nitrogen and oxygen atoms in total. The lowest BCUT2D eigenvalue weighted by molar-refractivity contribution is -0.154. The van der Waals surface area contributed by atoms with Gasteiger partial charge in [0, 0.05) is 0 Å². The molecule has 0 fully saturated rings. The van der Waals surface area contributed by atoms with E-state index < -0.39 is 11.5 Å². The molecule has 0 rings (SSSR count). The smallest absolute Gasteiger partial charge is 0.312 e. The molecular weight excluding hydrogens is 168 g/mol. The Morgan fingerprint density at radius 3 is 2.54 bits per heavy atom. The fraction of sp³-hybridized carbons (Fsp3) is 0.700. The van der Waals surface area contributed by atoms with Crippen molar-refractivity contribution in [2.24, 2.45) is 5.92 Å². The number of hydrogen-bond donors (Lipinski definition) is 1. The highest BCUT2D eigenvalue weighted by molar-refractivity contribution is 5.74. The maximum absolute atomic E-state index is 11.3. The summed E-state index contributed by atoms with van der Waals surface area (Å²) >= 11 is 0. The monoisotopic (exact) mass is 186 g/mol. The van der Waals surface area contributed by atoms with Gasteiger partial charge in [0.15, 0.2) is 0 Å². The van der Waals surface area contributed by atoms with Crippen LogP contribution in [0, 0.1) is 5.92 Å². The summed E-state index contributed by atoms with van der Waals surface area (Å²) in [5.74, 6) is -0.889.